The molecule has 0 saturated heterocycles. The van der Waals surface area contributed by atoms with Crippen LogP contribution >= 0.6 is 43.5 Å². The maximum atomic E-state index is 6.03. The van der Waals surface area contributed by atoms with Crippen LogP contribution in [0.2, 0.25) is 5.02 Å². The molecule has 0 spiro atoms. The summed E-state index contributed by atoms with van der Waals surface area (Å²) in [4.78, 5) is 0. The molecular formula is C20H16Br2ClNO. The molecule has 0 unspecified atom stereocenters. The minimum atomic E-state index is 0.531. The summed E-state index contributed by atoms with van der Waals surface area (Å²) >= 11 is 12.9. The maximum absolute atomic E-state index is 6.03. The number of ether oxygens (including phenoxy) is 1. The highest BCUT2D eigenvalue weighted by Crippen LogP contribution is 2.26. The van der Waals surface area contributed by atoms with Crippen molar-refractivity contribution in [3.8, 4) is 5.75 Å². The van der Waals surface area contributed by atoms with Gasteiger partial charge in [-0.25, -0.2) is 0 Å². The molecule has 0 bridgehead atoms. The molecule has 0 aromatic heterocycles. The largest absolute Gasteiger partial charge is 0.489 e. The molecule has 0 heterocycles. The third kappa shape index (κ3) is 5.50. The van der Waals surface area contributed by atoms with Crippen molar-refractivity contribution in [1.82, 2.24) is 0 Å². The van der Waals surface area contributed by atoms with Crippen LogP contribution in [0.5, 0.6) is 5.75 Å². The molecule has 1 N–H and O–H groups in total. The molecule has 25 heavy (non-hydrogen) atoms. The van der Waals surface area contributed by atoms with Crippen LogP contribution in [0.4, 0.5) is 5.69 Å². The molecule has 0 radical (unpaired) electrons. The van der Waals surface area contributed by atoms with E-state index < -0.39 is 0 Å². The molecule has 0 saturated carbocycles. The Balaban J connectivity index is 1.69. The van der Waals surface area contributed by atoms with Crippen molar-refractivity contribution in [2.75, 3.05) is 5.32 Å². The Morgan fingerprint density at radius 2 is 1.52 bits per heavy atom. The van der Waals surface area contributed by atoms with Crippen molar-refractivity contribution < 1.29 is 4.74 Å². The first-order valence-corrected chi connectivity index (χ1v) is 9.72. The minimum Gasteiger partial charge on any atom is -0.489 e. The topological polar surface area (TPSA) is 21.3 Å². The quantitative estimate of drug-likeness (QED) is 0.407. The number of hydrogen-bond acceptors (Lipinski definition) is 2. The Morgan fingerprint density at radius 1 is 0.840 bits per heavy atom. The summed E-state index contributed by atoms with van der Waals surface area (Å²) in [5.74, 6) is 0.868. The molecule has 3 rings (SSSR count). The second-order valence-corrected chi connectivity index (χ2v) is 7.80. The monoisotopic (exact) mass is 479 g/mol. The van der Waals surface area contributed by atoms with Gasteiger partial charge in [0, 0.05) is 31.8 Å². The van der Waals surface area contributed by atoms with E-state index in [0.717, 1.165) is 36.5 Å². The smallest absolute Gasteiger partial charge is 0.124 e. The van der Waals surface area contributed by atoms with Crippen molar-refractivity contribution in [2.45, 2.75) is 13.2 Å². The first kappa shape index (κ1) is 18.3. The fourth-order valence-electron chi connectivity index (χ4n) is 2.33. The van der Waals surface area contributed by atoms with Gasteiger partial charge in [-0.3, -0.25) is 0 Å². The average molecular weight is 482 g/mol. The second kappa shape index (κ2) is 8.75. The summed E-state index contributed by atoms with van der Waals surface area (Å²) in [6.45, 7) is 1.19. The van der Waals surface area contributed by atoms with Crippen molar-refractivity contribution in [1.29, 1.82) is 0 Å². The molecule has 0 fully saturated rings. The zero-order valence-electron chi connectivity index (χ0n) is 13.3. The average Bonchev–Trinajstić information content (AvgIpc) is 2.62. The van der Waals surface area contributed by atoms with Gasteiger partial charge < -0.3 is 10.1 Å². The van der Waals surface area contributed by atoms with E-state index in [4.69, 9.17) is 16.3 Å². The fourth-order valence-corrected chi connectivity index (χ4v) is 3.13. The molecule has 0 aliphatic heterocycles. The molecule has 3 aromatic rings. The van der Waals surface area contributed by atoms with Crippen LogP contribution < -0.4 is 10.1 Å². The van der Waals surface area contributed by atoms with Crippen LogP contribution in [0.1, 0.15) is 11.1 Å². The van der Waals surface area contributed by atoms with Crippen LogP contribution in [0, 0.1) is 0 Å². The van der Waals surface area contributed by atoms with Gasteiger partial charge in [-0.1, -0.05) is 55.6 Å². The molecule has 0 aliphatic carbocycles. The Hall–Kier alpha value is -1.49. The zero-order valence-corrected chi connectivity index (χ0v) is 17.2. The number of nitrogens with one attached hydrogen (secondary N) is 1. The van der Waals surface area contributed by atoms with Gasteiger partial charge in [0.15, 0.2) is 0 Å². The van der Waals surface area contributed by atoms with Crippen LogP contribution in [0.15, 0.2) is 75.7 Å². The third-order valence-corrected chi connectivity index (χ3v) is 4.93. The van der Waals surface area contributed by atoms with Crippen LogP contribution in [0.25, 0.3) is 0 Å². The predicted molar refractivity (Wildman–Crippen MR) is 111 cm³/mol. The first-order valence-electron chi connectivity index (χ1n) is 7.75. The van der Waals surface area contributed by atoms with Crippen LogP contribution in [-0.4, -0.2) is 0 Å². The van der Waals surface area contributed by atoms with Gasteiger partial charge >= 0.3 is 0 Å². The molecule has 0 amide bonds. The summed E-state index contributed by atoms with van der Waals surface area (Å²) in [5.41, 5.74) is 3.23. The van der Waals surface area contributed by atoms with Crippen LogP contribution in [-0.2, 0) is 13.2 Å². The highest BCUT2D eigenvalue weighted by molar-refractivity contribution is 9.10. The van der Waals surface area contributed by atoms with Gasteiger partial charge in [-0.15, -0.1) is 0 Å². The number of rotatable bonds is 6. The zero-order chi connectivity index (χ0) is 17.6. The Morgan fingerprint density at radius 3 is 2.24 bits per heavy atom. The van der Waals surface area contributed by atoms with E-state index in [1.165, 1.54) is 0 Å². The molecule has 0 atom stereocenters. The van der Waals surface area contributed by atoms with Crippen molar-refractivity contribution in [2.24, 2.45) is 0 Å². The van der Waals surface area contributed by atoms with E-state index in [2.05, 4.69) is 55.4 Å². The Labute approximate surface area is 169 Å². The lowest BCUT2D eigenvalue weighted by molar-refractivity contribution is 0.303. The minimum absolute atomic E-state index is 0.531. The lowest BCUT2D eigenvalue weighted by Crippen LogP contribution is -2.04. The summed E-state index contributed by atoms with van der Waals surface area (Å²) in [6.07, 6.45) is 0. The highest BCUT2D eigenvalue weighted by atomic mass is 79.9. The van der Waals surface area contributed by atoms with Crippen LogP contribution in [0.3, 0.4) is 0 Å². The van der Waals surface area contributed by atoms with Gasteiger partial charge in [0.05, 0.1) is 0 Å². The van der Waals surface area contributed by atoms with E-state index in [0.29, 0.717) is 13.2 Å². The predicted octanol–water partition coefficient (Wildman–Crippen LogP) is 7.06. The number of halogens is 3. The van der Waals surface area contributed by atoms with E-state index in [9.17, 15) is 0 Å². The van der Waals surface area contributed by atoms with E-state index in [1.807, 2.05) is 48.5 Å². The van der Waals surface area contributed by atoms with Gasteiger partial charge in [0.1, 0.15) is 12.4 Å². The molecule has 128 valence electrons. The fraction of sp³-hybridized carbons (Fsp3) is 0.100. The summed E-state index contributed by atoms with van der Waals surface area (Å²) in [7, 11) is 0. The van der Waals surface area contributed by atoms with Gasteiger partial charge in [-0.05, 0) is 60.2 Å². The first-order chi connectivity index (χ1) is 12.1. The van der Waals surface area contributed by atoms with E-state index in [-0.39, 0.29) is 0 Å². The number of benzene rings is 3. The normalized spacial score (nSPS) is 10.5. The SMILES string of the molecule is Clc1ccc(NCc2cc(Br)ccc2OCc2ccc(Br)cc2)cc1. The lowest BCUT2D eigenvalue weighted by Gasteiger charge is -2.14. The summed E-state index contributed by atoms with van der Waals surface area (Å²) in [6, 6.07) is 21.8. The third-order valence-electron chi connectivity index (χ3n) is 3.66. The molecule has 0 aliphatic rings. The van der Waals surface area contributed by atoms with Crippen molar-refractivity contribution in [3.05, 3.63) is 91.8 Å². The summed E-state index contributed by atoms with van der Waals surface area (Å²) in [5, 5.41) is 4.12. The van der Waals surface area contributed by atoms with Crippen molar-refractivity contribution >= 4 is 49.1 Å². The van der Waals surface area contributed by atoms with E-state index >= 15 is 0 Å². The Bertz CT molecular complexity index is 835. The van der Waals surface area contributed by atoms with E-state index in [1.54, 1.807) is 0 Å². The van der Waals surface area contributed by atoms with Gasteiger partial charge in [0.25, 0.3) is 0 Å². The molecular weight excluding hydrogens is 465 g/mol. The van der Waals surface area contributed by atoms with Gasteiger partial charge in [0.2, 0.25) is 0 Å². The molecule has 2 nitrogen and oxygen atoms in total. The molecule has 5 heteroatoms. The van der Waals surface area contributed by atoms with Gasteiger partial charge in [-0.2, -0.15) is 0 Å². The lowest BCUT2D eigenvalue weighted by atomic mass is 10.2. The highest BCUT2D eigenvalue weighted by Gasteiger charge is 2.06. The molecule has 3 aromatic carbocycles. The Kier molecular flexibility index (Phi) is 6.40. The second-order valence-electron chi connectivity index (χ2n) is 5.53. The number of anilines is 1. The van der Waals surface area contributed by atoms with Crippen molar-refractivity contribution in [3.63, 3.8) is 0 Å². The standard InChI is InChI=1S/C20H16Br2ClNO/c21-16-3-1-14(2-4-16)13-25-20-10-5-17(22)11-15(20)12-24-19-8-6-18(23)7-9-19/h1-11,24H,12-13H2. The summed E-state index contributed by atoms with van der Waals surface area (Å²) < 4.78 is 8.12. The maximum Gasteiger partial charge on any atom is 0.124 e. The number of hydrogen-bond donors (Lipinski definition) is 1.